The highest BCUT2D eigenvalue weighted by atomic mass is 35.5. The van der Waals surface area contributed by atoms with Crippen molar-refractivity contribution in [3.05, 3.63) is 5.15 Å². The van der Waals surface area contributed by atoms with Crippen LogP contribution in [0.4, 0.5) is 11.5 Å². The minimum Gasteiger partial charge on any atom is -0.480 e. The van der Waals surface area contributed by atoms with Crippen LogP contribution >= 0.6 is 23.4 Å². The van der Waals surface area contributed by atoms with E-state index in [1.165, 1.54) is 11.8 Å². The summed E-state index contributed by atoms with van der Waals surface area (Å²) in [6.07, 6.45) is 0.562. The summed E-state index contributed by atoms with van der Waals surface area (Å²) in [7, 11) is 0. The molecule has 1 aliphatic heterocycles. The lowest BCUT2D eigenvalue weighted by Gasteiger charge is -2.25. The van der Waals surface area contributed by atoms with Crippen molar-refractivity contribution < 1.29 is 28.9 Å². The van der Waals surface area contributed by atoms with E-state index in [9.17, 15) is 9.59 Å². The zero-order chi connectivity index (χ0) is 21.9. The van der Waals surface area contributed by atoms with Gasteiger partial charge in [-0.1, -0.05) is 30.3 Å². The van der Waals surface area contributed by atoms with Crippen LogP contribution in [0.3, 0.4) is 0 Å². The van der Waals surface area contributed by atoms with Gasteiger partial charge >= 0.3 is 5.97 Å². The fourth-order valence-corrected chi connectivity index (χ4v) is 4.53. The Morgan fingerprint density at radius 3 is 2.80 bits per heavy atom. The molecule has 1 aliphatic carbocycles. The monoisotopic (exact) mass is 460 g/mol. The van der Waals surface area contributed by atoms with Crippen molar-refractivity contribution in [3.63, 3.8) is 0 Å². The second kappa shape index (κ2) is 9.65. The van der Waals surface area contributed by atoms with Crippen molar-refractivity contribution in [2.75, 3.05) is 23.0 Å². The third-order valence-corrected chi connectivity index (χ3v) is 5.97. The van der Waals surface area contributed by atoms with E-state index in [4.69, 9.17) is 30.9 Å². The van der Waals surface area contributed by atoms with Crippen LogP contribution in [-0.4, -0.2) is 70.0 Å². The number of hydrogen-bond donors (Lipinski definition) is 3. The number of hydrogen-bond acceptors (Lipinski definition) is 9. The van der Waals surface area contributed by atoms with Gasteiger partial charge in [0.05, 0.1) is 12.1 Å². The minimum atomic E-state index is -1.06. The Morgan fingerprint density at radius 2 is 2.13 bits per heavy atom. The number of aromatic nitrogens is 2. The van der Waals surface area contributed by atoms with E-state index in [1.807, 2.05) is 6.92 Å². The number of fused-ring (bicyclic) bond motifs is 1. The van der Waals surface area contributed by atoms with Crippen LogP contribution in [0.2, 0.25) is 5.15 Å². The van der Waals surface area contributed by atoms with Gasteiger partial charge in [-0.05, 0) is 26.7 Å². The SMILES string of the molecule is CCCSc1nc(Cl)c(NC=O)c(N[C@@H]2C[C@H](OCC(=O)O)[C@H]3OC(C)(C)O[C@H]32)n1. The number of halogens is 1. The van der Waals surface area contributed by atoms with Gasteiger partial charge < -0.3 is 30.0 Å². The van der Waals surface area contributed by atoms with Gasteiger partial charge in [0.1, 0.15) is 24.5 Å². The number of thioether (sulfide) groups is 1. The Kier molecular flexibility index (Phi) is 7.40. The first-order valence-corrected chi connectivity index (χ1v) is 11.0. The van der Waals surface area contributed by atoms with Gasteiger partial charge in [-0.15, -0.1) is 0 Å². The number of nitrogens with zero attached hydrogens (tertiary/aromatic N) is 2. The Bertz CT molecular complexity index is 798. The lowest BCUT2D eigenvalue weighted by molar-refractivity contribution is -0.170. The van der Waals surface area contributed by atoms with Crippen LogP contribution in [0.1, 0.15) is 33.6 Å². The maximum atomic E-state index is 11.1. The third kappa shape index (κ3) is 5.33. The quantitative estimate of drug-likeness (QED) is 0.207. The summed E-state index contributed by atoms with van der Waals surface area (Å²) in [6, 6.07) is -0.308. The molecular formula is C18H25ClN4O6S. The number of aliphatic carboxylic acids is 1. The molecule has 0 aromatic carbocycles. The molecule has 30 heavy (non-hydrogen) atoms. The Balaban J connectivity index is 1.85. The highest BCUT2D eigenvalue weighted by Crippen LogP contribution is 2.42. The zero-order valence-electron chi connectivity index (χ0n) is 16.9. The highest BCUT2D eigenvalue weighted by molar-refractivity contribution is 7.99. The van der Waals surface area contributed by atoms with Crippen LogP contribution in [0, 0.1) is 0 Å². The third-order valence-electron chi connectivity index (χ3n) is 4.64. The van der Waals surface area contributed by atoms with Crippen molar-refractivity contribution in [3.8, 4) is 0 Å². The van der Waals surface area contributed by atoms with E-state index in [-0.39, 0.29) is 16.9 Å². The molecular weight excluding hydrogens is 436 g/mol. The van der Waals surface area contributed by atoms with Crippen LogP contribution < -0.4 is 10.6 Å². The van der Waals surface area contributed by atoms with E-state index in [2.05, 4.69) is 20.6 Å². The molecule has 2 fully saturated rings. The molecule has 1 saturated heterocycles. The molecule has 2 heterocycles. The van der Waals surface area contributed by atoms with E-state index in [0.717, 1.165) is 12.2 Å². The molecule has 0 spiro atoms. The largest absolute Gasteiger partial charge is 0.480 e. The molecule has 12 heteroatoms. The molecule has 10 nitrogen and oxygen atoms in total. The minimum absolute atomic E-state index is 0.121. The molecule has 0 bridgehead atoms. The standard InChI is InChI=1S/C18H25ClN4O6S/c1-4-5-30-17-22-15(19)12(20-8-24)16(23-17)21-9-6-10(27-7-11(25)26)14-13(9)28-18(2,3)29-14/h8-10,13-14H,4-7H2,1-3H3,(H,20,24)(H,25,26)(H,21,22,23)/t9-,10+,13+,14-/m1/s1. The number of carbonyl (C=O) groups is 2. The van der Waals surface area contributed by atoms with Gasteiger partial charge in [0, 0.05) is 5.75 Å². The summed E-state index contributed by atoms with van der Waals surface area (Å²) in [5, 5.41) is 15.4. The number of carboxylic acid groups (broad SMARTS) is 1. The summed E-state index contributed by atoms with van der Waals surface area (Å²) < 4.78 is 17.5. The van der Waals surface area contributed by atoms with Gasteiger partial charge in [0.15, 0.2) is 21.9 Å². The van der Waals surface area contributed by atoms with Crippen molar-refractivity contribution >= 4 is 47.2 Å². The second-order valence-electron chi connectivity index (χ2n) is 7.43. The first-order valence-electron chi connectivity index (χ1n) is 9.60. The number of rotatable bonds is 10. The van der Waals surface area contributed by atoms with Gasteiger partial charge in [-0.3, -0.25) is 4.79 Å². The average Bonchev–Trinajstić information content (AvgIpc) is 3.14. The van der Waals surface area contributed by atoms with Crippen molar-refractivity contribution in [1.29, 1.82) is 0 Å². The topological polar surface area (TPSA) is 132 Å². The molecule has 1 saturated carbocycles. The predicted octanol–water partition coefficient (Wildman–Crippen LogP) is 2.37. The summed E-state index contributed by atoms with van der Waals surface area (Å²) in [5.41, 5.74) is 0.261. The maximum absolute atomic E-state index is 11.1. The molecule has 3 rings (SSSR count). The molecule has 2 aliphatic rings. The number of amides is 1. The molecule has 1 aromatic rings. The molecule has 4 atom stereocenters. The first-order chi connectivity index (χ1) is 14.2. The van der Waals surface area contributed by atoms with Crippen LogP contribution in [-0.2, 0) is 23.8 Å². The summed E-state index contributed by atoms with van der Waals surface area (Å²) in [5.74, 6) is -0.716. The zero-order valence-corrected chi connectivity index (χ0v) is 18.5. The summed E-state index contributed by atoms with van der Waals surface area (Å²) in [4.78, 5) is 30.7. The fraction of sp³-hybridized carbons (Fsp3) is 0.667. The maximum Gasteiger partial charge on any atom is 0.329 e. The normalized spacial score (nSPS) is 26.9. The van der Waals surface area contributed by atoms with Crippen LogP contribution in [0.25, 0.3) is 0 Å². The Labute approximate surface area is 183 Å². The molecule has 166 valence electrons. The average molecular weight is 461 g/mol. The predicted molar refractivity (Wildman–Crippen MR) is 111 cm³/mol. The smallest absolute Gasteiger partial charge is 0.329 e. The van der Waals surface area contributed by atoms with Crippen LogP contribution in [0.15, 0.2) is 5.16 Å². The Morgan fingerprint density at radius 1 is 1.40 bits per heavy atom. The van der Waals surface area contributed by atoms with E-state index in [1.54, 1.807) is 13.8 Å². The number of carbonyl (C=O) groups excluding carboxylic acids is 1. The van der Waals surface area contributed by atoms with Crippen molar-refractivity contribution in [2.24, 2.45) is 0 Å². The number of anilines is 2. The molecule has 1 aromatic heterocycles. The Hall–Kier alpha value is -1.66. The second-order valence-corrected chi connectivity index (χ2v) is 8.85. The molecule has 0 unspecified atom stereocenters. The number of carboxylic acids is 1. The molecule has 1 amide bonds. The number of ether oxygens (including phenoxy) is 3. The lowest BCUT2D eigenvalue weighted by Crippen LogP contribution is -2.35. The van der Waals surface area contributed by atoms with Gasteiger partial charge in [0.25, 0.3) is 0 Å². The van der Waals surface area contributed by atoms with Gasteiger partial charge in [0.2, 0.25) is 6.41 Å². The van der Waals surface area contributed by atoms with E-state index < -0.39 is 36.7 Å². The molecule has 3 N–H and O–H groups in total. The van der Waals surface area contributed by atoms with Crippen molar-refractivity contribution in [2.45, 2.75) is 68.9 Å². The van der Waals surface area contributed by atoms with Gasteiger partial charge in [-0.25, -0.2) is 14.8 Å². The van der Waals surface area contributed by atoms with Crippen molar-refractivity contribution in [1.82, 2.24) is 9.97 Å². The molecule has 0 radical (unpaired) electrons. The fourth-order valence-electron chi connectivity index (χ4n) is 3.56. The highest BCUT2D eigenvalue weighted by Gasteiger charge is 2.55. The summed E-state index contributed by atoms with van der Waals surface area (Å²) in [6.45, 7) is 5.19. The van der Waals surface area contributed by atoms with E-state index in [0.29, 0.717) is 23.8 Å². The van der Waals surface area contributed by atoms with Crippen LogP contribution in [0.5, 0.6) is 0 Å². The lowest BCUT2D eigenvalue weighted by atomic mass is 10.2. The van der Waals surface area contributed by atoms with E-state index >= 15 is 0 Å². The van der Waals surface area contributed by atoms with Gasteiger partial charge in [-0.2, -0.15) is 0 Å². The number of nitrogens with one attached hydrogen (secondary N) is 2. The summed E-state index contributed by atoms with van der Waals surface area (Å²) >= 11 is 7.73. The first kappa shape index (κ1) is 23.0.